The quantitative estimate of drug-likeness (QED) is 0.699. The van der Waals surface area contributed by atoms with Crippen molar-refractivity contribution < 1.29 is 23.7 Å². The minimum Gasteiger partial charge on any atom is -0.493 e. The Labute approximate surface area is 107 Å². The van der Waals surface area contributed by atoms with E-state index in [0.717, 1.165) is 5.56 Å². The number of ether oxygens (including phenoxy) is 4. The lowest BCUT2D eigenvalue weighted by atomic mass is 10.1. The van der Waals surface area contributed by atoms with E-state index in [0.29, 0.717) is 30.1 Å². The molecule has 0 saturated heterocycles. The van der Waals surface area contributed by atoms with Crippen molar-refractivity contribution in [2.75, 3.05) is 21.3 Å². The van der Waals surface area contributed by atoms with E-state index in [9.17, 15) is 4.79 Å². The van der Waals surface area contributed by atoms with Crippen LogP contribution in [-0.4, -0.2) is 27.8 Å². The highest BCUT2D eigenvalue weighted by molar-refractivity contribution is 5.54. The smallest absolute Gasteiger partial charge is 0.293 e. The lowest BCUT2D eigenvalue weighted by molar-refractivity contribution is -0.134. The maximum absolute atomic E-state index is 10.5. The fraction of sp³-hybridized carbons (Fsp3) is 0.462. The van der Waals surface area contributed by atoms with Crippen LogP contribution in [0.1, 0.15) is 25.0 Å². The third kappa shape index (κ3) is 2.85. The van der Waals surface area contributed by atoms with Gasteiger partial charge in [-0.2, -0.15) is 0 Å². The molecule has 1 rings (SSSR count). The number of carbonyl (C=O) groups is 1. The zero-order chi connectivity index (χ0) is 13.5. The van der Waals surface area contributed by atoms with Crippen molar-refractivity contribution in [1.82, 2.24) is 0 Å². The molecule has 0 radical (unpaired) electrons. The number of methoxy groups -OCH3 is 3. The summed E-state index contributed by atoms with van der Waals surface area (Å²) in [6.07, 6.45) is 0.341. The van der Waals surface area contributed by atoms with Crippen LogP contribution in [0.2, 0.25) is 0 Å². The summed E-state index contributed by atoms with van der Waals surface area (Å²) in [5.41, 5.74) is 0.805. The average Bonchev–Trinajstić information content (AvgIpc) is 2.42. The van der Waals surface area contributed by atoms with E-state index in [2.05, 4.69) is 0 Å². The molecule has 0 aliphatic heterocycles. The van der Waals surface area contributed by atoms with Gasteiger partial charge in [-0.05, 0) is 18.6 Å². The van der Waals surface area contributed by atoms with Gasteiger partial charge in [0.15, 0.2) is 11.5 Å². The summed E-state index contributed by atoms with van der Waals surface area (Å²) < 4.78 is 20.7. The number of rotatable bonds is 7. The van der Waals surface area contributed by atoms with E-state index >= 15 is 0 Å². The Morgan fingerprint density at radius 1 is 1.11 bits per heavy atom. The molecular weight excluding hydrogens is 236 g/mol. The summed E-state index contributed by atoms with van der Waals surface area (Å²) in [5, 5.41) is 0. The molecule has 1 unspecified atom stereocenters. The second kappa shape index (κ2) is 6.74. The monoisotopic (exact) mass is 254 g/mol. The van der Waals surface area contributed by atoms with Gasteiger partial charge in [-0.15, -0.1) is 0 Å². The molecule has 5 nitrogen and oxygen atoms in total. The predicted octanol–water partition coefficient (Wildman–Crippen LogP) is 2.34. The van der Waals surface area contributed by atoms with Crippen molar-refractivity contribution in [1.29, 1.82) is 0 Å². The second-order valence-corrected chi connectivity index (χ2v) is 3.59. The van der Waals surface area contributed by atoms with Crippen molar-refractivity contribution in [2.45, 2.75) is 19.4 Å². The van der Waals surface area contributed by atoms with Gasteiger partial charge in [0.25, 0.3) is 6.47 Å². The van der Waals surface area contributed by atoms with Crippen molar-refractivity contribution in [3.8, 4) is 17.2 Å². The van der Waals surface area contributed by atoms with Gasteiger partial charge in [0.05, 0.1) is 21.3 Å². The highest BCUT2D eigenvalue weighted by Gasteiger charge is 2.18. The summed E-state index contributed by atoms with van der Waals surface area (Å²) in [7, 11) is 4.63. The molecule has 0 fully saturated rings. The van der Waals surface area contributed by atoms with E-state index in [1.165, 1.54) is 0 Å². The number of hydrogen-bond donors (Lipinski definition) is 0. The van der Waals surface area contributed by atoms with Crippen molar-refractivity contribution in [2.24, 2.45) is 0 Å². The molecule has 0 aliphatic carbocycles. The van der Waals surface area contributed by atoms with Crippen molar-refractivity contribution in [3.63, 3.8) is 0 Å². The standard InChI is InChI=1S/C13H18O5/c1-5-10(18-8-14)9-6-11(15-2)13(17-4)12(7-9)16-3/h6-8,10H,5H2,1-4H3. The maximum atomic E-state index is 10.5. The number of hydrogen-bond acceptors (Lipinski definition) is 5. The Morgan fingerprint density at radius 2 is 1.67 bits per heavy atom. The van der Waals surface area contributed by atoms with Crippen LogP contribution >= 0.6 is 0 Å². The van der Waals surface area contributed by atoms with E-state index in [4.69, 9.17) is 18.9 Å². The Kier molecular flexibility index (Phi) is 5.30. The van der Waals surface area contributed by atoms with Crippen LogP contribution in [0, 0.1) is 0 Å². The molecule has 0 aromatic heterocycles. The van der Waals surface area contributed by atoms with Crippen LogP contribution in [0.5, 0.6) is 17.2 Å². The summed E-state index contributed by atoms with van der Waals surface area (Å²) in [4.78, 5) is 10.5. The molecule has 100 valence electrons. The lowest BCUT2D eigenvalue weighted by Gasteiger charge is -2.18. The number of carbonyl (C=O) groups excluding carboxylic acids is 1. The first kappa shape index (κ1) is 14.2. The van der Waals surface area contributed by atoms with Crippen LogP contribution in [0.15, 0.2) is 12.1 Å². The van der Waals surface area contributed by atoms with Crippen LogP contribution in [0.3, 0.4) is 0 Å². The topological polar surface area (TPSA) is 54.0 Å². The van der Waals surface area contributed by atoms with E-state index < -0.39 is 0 Å². The fourth-order valence-corrected chi connectivity index (χ4v) is 1.76. The molecule has 0 N–H and O–H groups in total. The third-order valence-corrected chi connectivity index (χ3v) is 2.65. The molecular formula is C13H18O5. The number of benzene rings is 1. The first-order chi connectivity index (χ1) is 8.71. The zero-order valence-corrected chi connectivity index (χ0v) is 11.1. The molecule has 1 atom stereocenters. The molecule has 18 heavy (non-hydrogen) atoms. The molecule has 0 spiro atoms. The van der Waals surface area contributed by atoms with Gasteiger partial charge in [0, 0.05) is 5.56 Å². The Morgan fingerprint density at radius 3 is 2.00 bits per heavy atom. The van der Waals surface area contributed by atoms with E-state index in [1.807, 2.05) is 6.92 Å². The lowest BCUT2D eigenvalue weighted by Crippen LogP contribution is -2.04. The minimum absolute atomic E-state index is 0.323. The van der Waals surface area contributed by atoms with Crippen LogP contribution in [-0.2, 0) is 9.53 Å². The van der Waals surface area contributed by atoms with Gasteiger partial charge in [-0.3, -0.25) is 4.79 Å². The SMILES string of the molecule is CCC(OC=O)c1cc(OC)c(OC)c(OC)c1. The van der Waals surface area contributed by atoms with Gasteiger partial charge in [-0.25, -0.2) is 0 Å². The van der Waals surface area contributed by atoms with Crippen LogP contribution in [0.25, 0.3) is 0 Å². The Bertz CT molecular complexity index is 377. The molecule has 1 aromatic carbocycles. The van der Waals surface area contributed by atoms with Gasteiger partial charge < -0.3 is 18.9 Å². The predicted molar refractivity (Wildman–Crippen MR) is 66.3 cm³/mol. The summed E-state index contributed by atoms with van der Waals surface area (Å²) in [6, 6.07) is 3.55. The Hall–Kier alpha value is -1.91. The summed E-state index contributed by atoms with van der Waals surface area (Å²) >= 11 is 0. The van der Waals surface area contributed by atoms with Gasteiger partial charge in [0.1, 0.15) is 6.10 Å². The average molecular weight is 254 g/mol. The van der Waals surface area contributed by atoms with Crippen molar-refractivity contribution >= 4 is 6.47 Å². The molecule has 0 aliphatic rings. The second-order valence-electron chi connectivity index (χ2n) is 3.59. The van der Waals surface area contributed by atoms with Gasteiger partial charge >= 0.3 is 0 Å². The third-order valence-electron chi connectivity index (χ3n) is 2.65. The largest absolute Gasteiger partial charge is 0.493 e. The summed E-state index contributed by atoms with van der Waals surface area (Å²) in [6.45, 7) is 2.37. The molecule has 0 amide bonds. The fourth-order valence-electron chi connectivity index (χ4n) is 1.76. The summed E-state index contributed by atoms with van der Waals surface area (Å²) in [5.74, 6) is 1.60. The van der Waals surface area contributed by atoms with E-state index in [-0.39, 0.29) is 6.10 Å². The molecule has 0 heterocycles. The molecule has 0 saturated carbocycles. The minimum atomic E-state index is -0.323. The first-order valence-corrected chi connectivity index (χ1v) is 5.60. The van der Waals surface area contributed by atoms with E-state index in [1.54, 1.807) is 33.5 Å². The van der Waals surface area contributed by atoms with Gasteiger partial charge in [-0.1, -0.05) is 6.92 Å². The molecule has 5 heteroatoms. The van der Waals surface area contributed by atoms with Gasteiger partial charge in [0.2, 0.25) is 5.75 Å². The molecule has 1 aromatic rings. The highest BCUT2D eigenvalue weighted by atomic mass is 16.5. The van der Waals surface area contributed by atoms with Crippen molar-refractivity contribution in [3.05, 3.63) is 17.7 Å². The maximum Gasteiger partial charge on any atom is 0.293 e. The highest BCUT2D eigenvalue weighted by Crippen LogP contribution is 2.40. The zero-order valence-electron chi connectivity index (χ0n) is 11.1. The van der Waals surface area contributed by atoms with Crippen LogP contribution in [0.4, 0.5) is 0 Å². The first-order valence-electron chi connectivity index (χ1n) is 5.60. The normalized spacial score (nSPS) is 11.6. The van der Waals surface area contributed by atoms with Crippen LogP contribution < -0.4 is 14.2 Å². The Balaban J connectivity index is 3.25. The molecule has 0 bridgehead atoms.